The van der Waals surface area contributed by atoms with E-state index < -0.39 is 5.97 Å². The van der Waals surface area contributed by atoms with Crippen molar-refractivity contribution < 1.29 is 23.1 Å². The highest BCUT2D eigenvalue weighted by atomic mass is 35.5. The molecule has 0 radical (unpaired) electrons. The second-order valence-corrected chi connectivity index (χ2v) is 6.57. The highest BCUT2D eigenvalue weighted by Gasteiger charge is 2.17. The van der Waals surface area contributed by atoms with Gasteiger partial charge in [0.05, 0.1) is 49.0 Å². The van der Waals surface area contributed by atoms with Crippen molar-refractivity contribution in [2.24, 2.45) is 0 Å². The van der Waals surface area contributed by atoms with E-state index in [0.29, 0.717) is 29.7 Å². The molecule has 0 N–H and O–H groups in total. The fourth-order valence-corrected chi connectivity index (χ4v) is 3.40. The van der Waals surface area contributed by atoms with Crippen LogP contribution in [-0.2, 0) is 11.3 Å². The summed E-state index contributed by atoms with van der Waals surface area (Å²) in [5.41, 5.74) is 2.77. The van der Waals surface area contributed by atoms with Crippen LogP contribution in [0, 0.1) is 0 Å². The number of rotatable bonds is 6. The van der Waals surface area contributed by atoms with Crippen LogP contribution in [0.4, 0.5) is 0 Å². The second kappa shape index (κ2) is 7.48. The van der Waals surface area contributed by atoms with Gasteiger partial charge in [-0.2, -0.15) is 0 Å². The SMILES string of the molecule is CCOC(=O)c1ccc(Cn2c(-c3ccoc3)cc3cc(OC)c(Cl)cc32)o1. The van der Waals surface area contributed by atoms with Gasteiger partial charge in [-0.25, -0.2) is 4.79 Å². The van der Waals surface area contributed by atoms with E-state index in [1.54, 1.807) is 38.7 Å². The molecule has 0 unspecified atom stereocenters. The summed E-state index contributed by atoms with van der Waals surface area (Å²) in [6, 6.07) is 11.1. The molecule has 0 bridgehead atoms. The van der Waals surface area contributed by atoms with Crippen molar-refractivity contribution in [3.8, 4) is 17.0 Å². The summed E-state index contributed by atoms with van der Waals surface area (Å²) < 4.78 is 23.3. The highest BCUT2D eigenvalue weighted by Crippen LogP contribution is 2.35. The van der Waals surface area contributed by atoms with Gasteiger partial charge in [0.25, 0.3) is 0 Å². The van der Waals surface area contributed by atoms with Gasteiger partial charge in [0.2, 0.25) is 5.76 Å². The van der Waals surface area contributed by atoms with Crippen LogP contribution >= 0.6 is 11.6 Å². The Balaban J connectivity index is 1.79. The quantitative estimate of drug-likeness (QED) is 0.407. The van der Waals surface area contributed by atoms with Gasteiger partial charge in [0.15, 0.2) is 0 Å². The molecule has 3 aromatic heterocycles. The van der Waals surface area contributed by atoms with Crippen molar-refractivity contribution in [3.63, 3.8) is 0 Å². The topological polar surface area (TPSA) is 66.7 Å². The third kappa shape index (κ3) is 3.27. The number of furan rings is 2. The van der Waals surface area contributed by atoms with Crippen molar-refractivity contribution in [1.82, 2.24) is 4.57 Å². The van der Waals surface area contributed by atoms with E-state index >= 15 is 0 Å². The number of nitrogens with zero attached hydrogens (tertiary/aromatic N) is 1. The van der Waals surface area contributed by atoms with Gasteiger partial charge in [0, 0.05) is 10.9 Å². The summed E-state index contributed by atoms with van der Waals surface area (Å²) in [4.78, 5) is 11.9. The Hall–Kier alpha value is -3.12. The summed E-state index contributed by atoms with van der Waals surface area (Å²) in [5.74, 6) is 0.928. The largest absolute Gasteiger partial charge is 0.495 e. The number of fused-ring (bicyclic) bond motifs is 1. The normalized spacial score (nSPS) is 11.1. The minimum atomic E-state index is -0.478. The predicted octanol–water partition coefficient (Wildman–Crippen LogP) is 5.38. The number of halogens is 1. The lowest BCUT2D eigenvalue weighted by Crippen LogP contribution is -2.03. The van der Waals surface area contributed by atoms with Crippen LogP contribution in [0.15, 0.2) is 57.8 Å². The summed E-state index contributed by atoms with van der Waals surface area (Å²) in [5, 5.41) is 1.48. The molecule has 0 saturated carbocycles. The number of esters is 1. The summed E-state index contributed by atoms with van der Waals surface area (Å²) >= 11 is 6.35. The maximum Gasteiger partial charge on any atom is 0.374 e. The molecule has 7 heteroatoms. The van der Waals surface area contributed by atoms with Crippen LogP contribution < -0.4 is 4.74 Å². The molecule has 3 heterocycles. The first-order valence-electron chi connectivity index (χ1n) is 8.76. The molecule has 144 valence electrons. The Bertz CT molecular complexity index is 1120. The molecule has 6 nitrogen and oxygen atoms in total. The lowest BCUT2D eigenvalue weighted by molar-refractivity contribution is 0.0488. The predicted molar refractivity (Wildman–Crippen MR) is 105 cm³/mol. The standard InChI is InChI=1S/C21H18ClNO5/c1-3-27-21(24)19-5-4-15(28-19)11-23-17(13-6-7-26-12-13)8-14-9-20(25-2)16(22)10-18(14)23/h4-10,12H,3,11H2,1-2H3. The van der Waals surface area contributed by atoms with Crippen LogP contribution in [0.2, 0.25) is 5.02 Å². The molecular weight excluding hydrogens is 382 g/mol. The highest BCUT2D eigenvalue weighted by molar-refractivity contribution is 6.32. The Morgan fingerprint density at radius 2 is 2.07 bits per heavy atom. The number of carbonyl (C=O) groups excluding carboxylic acids is 1. The van der Waals surface area contributed by atoms with E-state index in [4.69, 9.17) is 29.9 Å². The number of ether oxygens (including phenoxy) is 2. The van der Waals surface area contributed by atoms with E-state index in [2.05, 4.69) is 4.57 Å². The third-order valence-electron chi connectivity index (χ3n) is 4.44. The number of methoxy groups -OCH3 is 1. The van der Waals surface area contributed by atoms with Crippen LogP contribution in [0.5, 0.6) is 5.75 Å². The number of hydrogen-bond donors (Lipinski definition) is 0. The first-order valence-corrected chi connectivity index (χ1v) is 9.13. The molecule has 0 saturated heterocycles. The molecular formula is C21H18ClNO5. The molecule has 4 aromatic rings. The first kappa shape index (κ1) is 18.3. The minimum absolute atomic E-state index is 0.179. The molecule has 0 aliphatic heterocycles. The van der Waals surface area contributed by atoms with E-state index in [1.807, 2.05) is 24.3 Å². The molecule has 0 atom stereocenters. The summed E-state index contributed by atoms with van der Waals surface area (Å²) in [7, 11) is 1.58. The zero-order valence-corrected chi connectivity index (χ0v) is 16.2. The van der Waals surface area contributed by atoms with E-state index in [0.717, 1.165) is 22.2 Å². The third-order valence-corrected chi connectivity index (χ3v) is 4.74. The fraction of sp³-hybridized carbons (Fsp3) is 0.190. The maximum atomic E-state index is 11.9. The van der Waals surface area contributed by atoms with E-state index in [-0.39, 0.29) is 5.76 Å². The number of aromatic nitrogens is 1. The Kier molecular flexibility index (Phi) is 4.88. The molecule has 28 heavy (non-hydrogen) atoms. The van der Waals surface area contributed by atoms with Crippen molar-refractivity contribution in [2.75, 3.05) is 13.7 Å². The van der Waals surface area contributed by atoms with E-state index in [9.17, 15) is 4.79 Å². The zero-order chi connectivity index (χ0) is 19.7. The van der Waals surface area contributed by atoms with Crippen molar-refractivity contribution in [2.45, 2.75) is 13.5 Å². The zero-order valence-electron chi connectivity index (χ0n) is 15.4. The van der Waals surface area contributed by atoms with Gasteiger partial charge in [0.1, 0.15) is 11.5 Å². The molecule has 0 aliphatic rings. The van der Waals surface area contributed by atoms with Crippen LogP contribution in [0.25, 0.3) is 22.2 Å². The fourth-order valence-electron chi connectivity index (χ4n) is 3.17. The Labute approximate surface area is 166 Å². The van der Waals surface area contributed by atoms with E-state index in [1.165, 1.54) is 0 Å². The Morgan fingerprint density at radius 3 is 2.79 bits per heavy atom. The van der Waals surface area contributed by atoms with Gasteiger partial charge in [-0.15, -0.1) is 0 Å². The average molecular weight is 400 g/mol. The van der Waals surface area contributed by atoms with Crippen molar-refractivity contribution >= 4 is 28.5 Å². The smallest absolute Gasteiger partial charge is 0.374 e. The Morgan fingerprint density at radius 1 is 1.21 bits per heavy atom. The van der Waals surface area contributed by atoms with Gasteiger partial charge < -0.3 is 22.9 Å². The van der Waals surface area contributed by atoms with Crippen LogP contribution in [0.1, 0.15) is 23.2 Å². The van der Waals surface area contributed by atoms with Gasteiger partial charge in [-0.3, -0.25) is 0 Å². The van der Waals surface area contributed by atoms with Crippen LogP contribution in [-0.4, -0.2) is 24.3 Å². The molecule has 1 aromatic carbocycles. The molecule has 0 fully saturated rings. The average Bonchev–Trinajstić information content (AvgIpc) is 3.42. The molecule has 0 spiro atoms. The van der Waals surface area contributed by atoms with Gasteiger partial charge >= 0.3 is 5.97 Å². The molecule has 0 amide bonds. The van der Waals surface area contributed by atoms with Crippen LogP contribution in [0.3, 0.4) is 0 Å². The lowest BCUT2D eigenvalue weighted by atomic mass is 10.2. The van der Waals surface area contributed by atoms with Gasteiger partial charge in [-0.1, -0.05) is 11.6 Å². The number of carbonyl (C=O) groups is 1. The first-order chi connectivity index (χ1) is 13.6. The molecule has 4 rings (SSSR count). The second-order valence-electron chi connectivity index (χ2n) is 6.16. The van der Waals surface area contributed by atoms with Gasteiger partial charge in [-0.05, 0) is 43.3 Å². The minimum Gasteiger partial charge on any atom is -0.495 e. The van der Waals surface area contributed by atoms with Crippen molar-refractivity contribution in [3.05, 3.63) is 65.5 Å². The monoisotopic (exact) mass is 399 g/mol. The summed E-state index contributed by atoms with van der Waals surface area (Å²) in [6.45, 7) is 2.46. The number of benzene rings is 1. The lowest BCUT2D eigenvalue weighted by Gasteiger charge is -2.09. The maximum absolute atomic E-state index is 11.9. The number of hydrogen-bond acceptors (Lipinski definition) is 5. The molecule has 0 aliphatic carbocycles. The van der Waals surface area contributed by atoms with Crippen molar-refractivity contribution in [1.29, 1.82) is 0 Å². The summed E-state index contributed by atoms with van der Waals surface area (Å²) in [6.07, 6.45) is 3.30.